The highest BCUT2D eigenvalue weighted by atomic mass is 35.5. The molecule has 1 N–H and O–H groups in total. The average molecular weight is 342 g/mol. The molecule has 2 rings (SSSR count). The van der Waals surface area contributed by atoms with Gasteiger partial charge in [-0.25, -0.2) is 0 Å². The number of carbonyl (C=O) groups excluding carboxylic acids is 1. The molecule has 1 fully saturated rings. The molecule has 0 atom stereocenters. The zero-order chi connectivity index (χ0) is 16.1. The third-order valence-electron chi connectivity index (χ3n) is 4.25. The molecule has 6 nitrogen and oxygen atoms in total. The highest BCUT2D eigenvalue weighted by molar-refractivity contribution is 5.96. The molecule has 1 aromatic rings. The Labute approximate surface area is 142 Å². The van der Waals surface area contributed by atoms with Gasteiger partial charge in [-0.1, -0.05) is 13.0 Å². The minimum atomic E-state index is -0.459. The predicted molar refractivity (Wildman–Crippen MR) is 92.3 cm³/mol. The van der Waals surface area contributed by atoms with E-state index in [1.165, 1.54) is 12.1 Å². The lowest BCUT2D eigenvalue weighted by Crippen LogP contribution is -2.41. The molecular formula is C16H24ClN3O3. The van der Waals surface area contributed by atoms with E-state index in [0.29, 0.717) is 11.5 Å². The lowest BCUT2D eigenvalue weighted by Gasteiger charge is -2.32. The smallest absolute Gasteiger partial charge is 0.270 e. The van der Waals surface area contributed by atoms with Crippen molar-refractivity contribution < 1.29 is 9.72 Å². The van der Waals surface area contributed by atoms with Crippen LogP contribution in [0.25, 0.3) is 0 Å². The number of amides is 1. The number of hydrogen-bond acceptors (Lipinski definition) is 4. The van der Waals surface area contributed by atoms with Crippen molar-refractivity contribution in [3.8, 4) is 0 Å². The molecule has 128 valence electrons. The number of nitrogens with zero attached hydrogens (tertiary/aromatic N) is 2. The van der Waals surface area contributed by atoms with Gasteiger partial charge in [-0.15, -0.1) is 12.4 Å². The summed E-state index contributed by atoms with van der Waals surface area (Å²) in [5, 5.41) is 14.2. The second kappa shape index (κ2) is 8.84. The van der Waals surface area contributed by atoms with Crippen molar-refractivity contribution >= 4 is 24.0 Å². The SMILES string of the molecule is CCNCC1CCN(C(=O)c2cc([N+](=O)[O-])ccc2C)CC1.Cl. The highest BCUT2D eigenvalue weighted by Crippen LogP contribution is 2.22. The first kappa shape index (κ1) is 19.4. The molecule has 1 aliphatic rings. The first-order chi connectivity index (χ1) is 10.5. The predicted octanol–water partition coefficient (Wildman–Crippen LogP) is 2.79. The van der Waals surface area contributed by atoms with Crippen LogP contribution in [0.1, 0.15) is 35.7 Å². The third-order valence-corrected chi connectivity index (χ3v) is 4.25. The standard InChI is InChI=1S/C16H23N3O3.ClH/c1-3-17-11-13-6-8-18(9-7-13)16(20)15-10-14(19(21)22)5-4-12(15)2;/h4-5,10,13,17H,3,6-9,11H2,1-2H3;1H. The molecule has 1 aliphatic heterocycles. The van der Waals surface area contributed by atoms with E-state index < -0.39 is 4.92 Å². The summed E-state index contributed by atoms with van der Waals surface area (Å²) in [7, 11) is 0. The summed E-state index contributed by atoms with van der Waals surface area (Å²) in [5.41, 5.74) is 1.20. The number of carbonyl (C=O) groups is 1. The third kappa shape index (κ3) is 4.91. The maximum absolute atomic E-state index is 12.6. The maximum Gasteiger partial charge on any atom is 0.270 e. The number of rotatable bonds is 5. The van der Waals surface area contributed by atoms with Crippen molar-refractivity contribution in [3.05, 3.63) is 39.4 Å². The number of halogens is 1. The molecule has 7 heteroatoms. The minimum Gasteiger partial charge on any atom is -0.339 e. The number of nitro groups is 1. The number of nitrogens with one attached hydrogen (secondary N) is 1. The Balaban J connectivity index is 0.00000264. The highest BCUT2D eigenvalue weighted by Gasteiger charge is 2.25. The quantitative estimate of drug-likeness (QED) is 0.660. The molecule has 0 bridgehead atoms. The Morgan fingerprint density at radius 2 is 2.04 bits per heavy atom. The number of non-ortho nitro benzene ring substituents is 1. The van der Waals surface area contributed by atoms with E-state index in [2.05, 4.69) is 12.2 Å². The largest absolute Gasteiger partial charge is 0.339 e. The molecule has 1 aromatic carbocycles. The number of aryl methyl sites for hydroxylation is 1. The van der Waals surface area contributed by atoms with Crippen molar-refractivity contribution in [2.24, 2.45) is 5.92 Å². The molecule has 0 saturated carbocycles. The van der Waals surface area contributed by atoms with Gasteiger partial charge in [0, 0.05) is 30.8 Å². The summed E-state index contributed by atoms with van der Waals surface area (Å²) < 4.78 is 0. The van der Waals surface area contributed by atoms with Gasteiger partial charge in [-0.2, -0.15) is 0 Å². The summed E-state index contributed by atoms with van der Waals surface area (Å²) in [4.78, 5) is 24.8. The lowest BCUT2D eigenvalue weighted by molar-refractivity contribution is -0.384. The van der Waals surface area contributed by atoms with Crippen LogP contribution in [0, 0.1) is 23.0 Å². The zero-order valence-electron chi connectivity index (χ0n) is 13.6. The van der Waals surface area contributed by atoms with E-state index in [1.807, 2.05) is 11.8 Å². The van der Waals surface area contributed by atoms with Gasteiger partial charge in [0.15, 0.2) is 0 Å². The second-order valence-corrected chi connectivity index (χ2v) is 5.80. The van der Waals surface area contributed by atoms with E-state index in [-0.39, 0.29) is 24.0 Å². The van der Waals surface area contributed by atoms with Crippen LogP contribution in [0.5, 0.6) is 0 Å². The summed E-state index contributed by atoms with van der Waals surface area (Å²) in [6.45, 7) is 7.30. The molecule has 0 unspecified atom stereocenters. The van der Waals surface area contributed by atoms with E-state index in [0.717, 1.165) is 44.6 Å². The molecule has 1 saturated heterocycles. The lowest BCUT2D eigenvalue weighted by atomic mass is 9.95. The van der Waals surface area contributed by atoms with Crippen molar-refractivity contribution in [2.75, 3.05) is 26.2 Å². The van der Waals surface area contributed by atoms with Crippen LogP contribution in [0.2, 0.25) is 0 Å². The number of benzene rings is 1. The second-order valence-electron chi connectivity index (χ2n) is 5.80. The molecule has 0 aromatic heterocycles. The Bertz CT molecular complexity index is 558. The number of nitro benzene ring substituents is 1. The van der Waals surface area contributed by atoms with Crippen LogP contribution < -0.4 is 5.32 Å². The number of hydrogen-bond donors (Lipinski definition) is 1. The summed E-state index contributed by atoms with van der Waals surface area (Å²) in [5.74, 6) is 0.512. The Hall–Kier alpha value is -1.66. The Morgan fingerprint density at radius 1 is 1.39 bits per heavy atom. The summed E-state index contributed by atoms with van der Waals surface area (Å²) >= 11 is 0. The van der Waals surface area contributed by atoms with Gasteiger partial charge in [0.25, 0.3) is 11.6 Å². The Kier molecular flexibility index (Phi) is 7.45. The van der Waals surface area contributed by atoms with Crippen molar-refractivity contribution in [1.82, 2.24) is 10.2 Å². The monoisotopic (exact) mass is 341 g/mol. The number of piperidine rings is 1. The van der Waals surface area contributed by atoms with Crippen LogP contribution in [0.3, 0.4) is 0 Å². The van der Waals surface area contributed by atoms with Gasteiger partial charge in [0.1, 0.15) is 0 Å². The van der Waals surface area contributed by atoms with Crippen LogP contribution in [0.4, 0.5) is 5.69 Å². The van der Waals surface area contributed by atoms with Crippen molar-refractivity contribution in [3.63, 3.8) is 0 Å². The van der Waals surface area contributed by atoms with E-state index in [9.17, 15) is 14.9 Å². The summed E-state index contributed by atoms with van der Waals surface area (Å²) in [6.07, 6.45) is 1.96. The fourth-order valence-corrected chi connectivity index (χ4v) is 2.81. The van der Waals surface area contributed by atoms with Crippen LogP contribution in [0.15, 0.2) is 18.2 Å². The fourth-order valence-electron chi connectivity index (χ4n) is 2.81. The zero-order valence-corrected chi connectivity index (χ0v) is 14.4. The molecule has 0 aliphatic carbocycles. The molecule has 0 radical (unpaired) electrons. The van der Waals surface area contributed by atoms with Gasteiger partial charge in [-0.05, 0) is 44.3 Å². The molecule has 23 heavy (non-hydrogen) atoms. The van der Waals surface area contributed by atoms with Crippen LogP contribution in [-0.4, -0.2) is 41.9 Å². The molecule has 1 heterocycles. The molecule has 0 spiro atoms. The summed E-state index contributed by atoms with van der Waals surface area (Å²) in [6, 6.07) is 4.47. The van der Waals surface area contributed by atoms with Crippen LogP contribution in [-0.2, 0) is 0 Å². The van der Waals surface area contributed by atoms with Crippen molar-refractivity contribution in [2.45, 2.75) is 26.7 Å². The van der Waals surface area contributed by atoms with Gasteiger partial charge >= 0.3 is 0 Å². The number of likely N-dealkylation sites (tertiary alicyclic amines) is 1. The van der Waals surface area contributed by atoms with Crippen LogP contribution >= 0.6 is 12.4 Å². The van der Waals surface area contributed by atoms with E-state index >= 15 is 0 Å². The van der Waals surface area contributed by atoms with Crippen molar-refractivity contribution in [1.29, 1.82) is 0 Å². The van der Waals surface area contributed by atoms with Gasteiger partial charge in [0.2, 0.25) is 0 Å². The van der Waals surface area contributed by atoms with Gasteiger partial charge in [0.05, 0.1) is 4.92 Å². The first-order valence-corrected chi connectivity index (χ1v) is 7.78. The van der Waals surface area contributed by atoms with E-state index in [1.54, 1.807) is 6.07 Å². The Morgan fingerprint density at radius 3 is 2.61 bits per heavy atom. The van der Waals surface area contributed by atoms with Gasteiger partial charge < -0.3 is 10.2 Å². The molecular weight excluding hydrogens is 318 g/mol. The maximum atomic E-state index is 12.6. The first-order valence-electron chi connectivity index (χ1n) is 7.78. The molecule has 1 amide bonds. The minimum absolute atomic E-state index is 0. The topological polar surface area (TPSA) is 75.5 Å². The normalized spacial score (nSPS) is 15.1. The average Bonchev–Trinajstić information content (AvgIpc) is 2.53. The fraction of sp³-hybridized carbons (Fsp3) is 0.562. The van der Waals surface area contributed by atoms with E-state index in [4.69, 9.17) is 0 Å². The van der Waals surface area contributed by atoms with Gasteiger partial charge in [-0.3, -0.25) is 14.9 Å².